The van der Waals surface area contributed by atoms with Crippen LogP contribution in [0.3, 0.4) is 0 Å². The summed E-state index contributed by atoms with van der Waals surface area (Å²) in [6.07, 6.45) is 1.09. The molecule has 0 bridgehead atoms. The van der Waals surface area contributed by atoms with Crippen LogP contribution in [0.5, 0.6) is 0 Å². The molecule has 0 aliphatic carbocycles. The summed E-state index contributed by atoms with van der Waals surface area (Å²) in [4.78, 5) is 0. The van der Waals surface area contributed by atoms with Crippen LogP contribution in [-0.2, 0) is 6.42 Å². The number of rotatable bonds is 1. The monoisotopic (exact) mass is 332 g/mol. The van der Waals surface area contributed by atoms with E-state index in [0.717, 1.165) is 6.42 Å². The van der Waals surface area contributed by atoms with Crippen LogP contribution in [-0.4, -0.2) is 0 Å². The predicted molar refractivity (Wildman–Crippen MR) is 113 cm³/mol. The van der Waals surface area contributed by atoms with Crippen molar-refractivity contribution < 1.29 is 0 Å². The second-order valence-corrected chi connectivity index (χ2v) is 7.96. The summed E-state index contributed by atoms with van der Waals surface area (Å²) >= 11 is 0. The molecule has 132 valence electrons. The van der Waals surface area contributed by atoms with Crippen LogP contribution in [0.4, 0.5) is 0 Å². The normalized spacial score (nSPS) is 11.8. The van der Waals surface area contributed by atoms with Gasteiger partial charge in [-0.3, -0.25) is 0 Å². The van der Waals surface area contributed by atoms with Gasteiger partial charge in [0.05, 0.1) is 0 Å². The van der Waals surface area contributed by atoms with Crippen molar-refractivity contribution in [2.75, 3.05) is 0 Å². The lowest BCUT2D eigenvalue weighted by Crippen LogP contribution is -2.04. The first-order valence-electron chi connectivity index (χ1n) is 9.56. The molecule has 0 fully saturated rings. The molecule has 0 radical (unpaired) electrons. The van der Waals surface area contributed by atoms with Gasteiger partial charge in [0.15, 0.2) is 0 Å². The molecule has 0 heterocycles. The lowest BCUT2D eigenvalue weighted by atomic mass is 9.79. The molecule has 3 aromatic carbocycles. The summed E-state index contributed by atoms with van der Waals surface area (Å²) in [6.45, 7) is 23.1. The van der Waals surface area contributed by atoms with E-state index in [-0.39, 0.29) is 0 Å². The van der Waals surface area contributed by atoms with Gasteiger partial charge in [0.25, 0.3) is 0 Å². The molecule has 3 aromatic rings. The molecule has 0 aliphatic rings. The highest BCUT2D eigenvalue weighted by Gasteiger charge is 2.21. The van der Waals surface area contributed by atoms with Crippen LogP contribution in [0.1, 0.15) is 62.6 Å². The fourth-order valence-corrected chi connectivity index (χ4v) is 4.88. The Balaban J connectivity index is 2.87. The quantitative estimate of drug-likeness (QED) is 0.409. The summed E-state index contributed by atoms with van der Waals surface area (Å²) < 4.78 is 0. The van der Waals surface area contributed by atoms with E-state index in [1.807, 2.05) is 0 Å². The maximum Gasteiger partial charge on any atom is -0.00622 e. The lowest BCUT2D eigenvalue weighted by molar-refractivity contribution is 1.11. The Morgan fingerprint density at radius 3 is 1.12 bits per heavy atom. The zero-order valence-corrected chi connectivity index (χ0v) is 17.7. The molecule has 0 aromatic heterocycles. The molecule has 0 saturated carbocycles. The van der Waals surface area contributed by atoms with Crippen LogP contribution in [0.25, 0.3) is 21.5 Å². The van der Waals surface area contributed by atoms with Gasteiger partial charge in [-0.2, -0.15) is 0 Å². The van der Waals surface area contributed by atoms with Crippen molar-refractivity contribution in [1.29, 1.82) is 0 Å². The van der Waals surface area contributed by atoms with Crippen molar-refractivity contribution >= 4 is 21.5 Å². The fourth-order valence-electron chi connectivity index (χ4n) is 4.88. The second-order valence-electron chi connectivity index (χ2n) is 7.96. The Morgan fingerprint density at radius 2 is 0.680 bits per heavy atom. The topological polar surface area (TPSA) is 0 Å². The van der Waals surface area contributed by atoms with E-state index in [9.17, 15) is 0 Å². The molecular formula is C25H32. The van der Waals surface area contributed by atoms with E-state index < -0.39 is 0 Å². The number of fused-ring (bicyclic) bond motifs is 3. The third-order valence-corrected chi connectivity index (χ3v) is 7.11. The van der Waals surface area contributed by atoms with E-state index >= 15 is 0 Å². The largest absolute Gasteiger partial charge is 0.0613 e. The van der Waals surface area contributed by atoms with E-state index in [1.165, 1.54) is 77.2 Å². The standard InChI is InChI=1S/C25H32/c1-11-21-15(5)14(4)17(7)23-20(10)19(9)22-16(6)12(2)13(3)18(8)24(22)25(21)23/h11H2,1-10H3. The van der Waals surface area contributed by atoms with Gasteiger partial charge in [0.1, 0.15) is 0 Å². The molecule has 0 aliphatic heterocycles. The van der Waals surface area contributed by atoms with E-state index in [2.05, 4.69) is 69.2 Å². The summed E-state index contributed by atoms with van der Waals surface area (Å²) in [7, 11) is 0. The van der Waals surface area contributed by atoms with Gasteiger partial charge in [-0.15, -0.1) is 0 Å². The lowest BCUT2D eigenvalue weighted by Gasteiger charge is -2.25. The molecule has 0 unspecified atom stereocenters. The molecule has 25 heavy (non-hydrogen) atoms. The first-order valence-corrected chi connectivity index (χ1v) is 9.56. The van der Waals surface area contributed by atoms with Gasteiger partial charge in [0, 0.05) is 0 Å². The molecule has 3 rings (SSSR count). The summed E-state index contributed by atoms with van der Waals surface area (Å²) in [5, 5.41) is 6.00. The number of hydrogen-bond acceptors (Lipinski definition) is 0. The van der Waals surface area contributed by atoms with E-state index in [1.54, 1.807) is 0 Å². The Labute approximate surface area is 153 Å². The number of benzene rings is 3. The van der Waals surface area contributed by atoms with Crippen molar-refractivity contribution in [3.8, 4) is 0 Å². The van der Waals surface area contributed by atoms with Crippen molar-refractivity contribution in [3.63, 3.8) is 0 Å². The van der Waals surface area contributed by atoms with Crippen LogP contribution < -0.4 is 0 Å². The maximum absolute atomic E-state index is 2.32. The Bertz CT molecular complexity index is 1050. The smallest absolute Gasteiger partial charge is 0.00622 e. The van der Waals surface area contributed by atoms with Crippen molar-refractivity contribution in [2.45, 2.75) is 75.7 Å². The first kappa shape index (κ1) is 18.0. The predicted octanol–water partition coefficient (Wildman–Crippen LogP) is 7.33. The average molecular weight is 333 g/mol. The summed E-state index contributed by atoms with van der Waals surface area (Å²) in [5.74, 6) is 0. The van der Waals surface area contributed by atoms with Crippen molar-refractivity contribution in [2.24, 2.45) is 0 Å². The highest BCUT2D eigenvalue weighted by atomic mass is 14.2. The number of hydrogen-bond donors (Lipinski definition) is 0. The maximum atomic E-state index is 2.32. The zero-order valence-electron chi connectivity index (χ0n) is 17.7. The van der Waals surface area contributed by atoms with E-state index in [4.69, 9.17) is 0 Å². The SMILES string of the molecule is CCc1c(C)c(C)c(C)c2c(C)c(C)c3c(C)c(C)c(C)c(C)c3c12. The zero-order chi connectivity index (χ0) is 18.8. The highest BCUT2D eigenvalue weighted by Crippen LogP contribution is 2.43. The molecule has 0 saturated heterocycles. The summed E-state index contributed by atoms with van der Waals surface area (Å²) in [5.41, 5.74) is 14.7. The molecule has 0 heteroatoms. The third-order valence-electron chi connectivity index (χ3n) is 7.11. The van der Waals surface area contributed by atoms with Gasteiger partial charge >= 0.3 is 0 Å². The third kappa shape index (κ3) is 2.19. The van der Waals surface area contributed by atoms with Crippen molar-refractivity contribution in [3.05, 3.63) is 55.6 Å². The fraction of sp³-hybridized carbons (Fsp3) is 0.440. The molecular weight excluding hydrogens is 300 g/mol. The molecule has 0 atom stereocenters. The van der Waals surface area contributed by atoms with Crippen LogP contribution in [0, 0.1) is 62.3 Å². The van der Waals surface area contributed by atoms with Crippen molar-refractivity contribution in [1.82, 2.24) is 0 Å². The van der Waals surface area contributed by atoms with Gasteiger partial charge in [0.2, 0.25) is 0 Å². The van der Waals surface area contributed by atoms with Gasteiger partial charge < -0.3 is 0 Å². The minimum Gasteiger partial charge on any atom is -0.0613 e. The molecule has 0 N–H and O–H groups in total. The van der Waals surface area contributed by atoms with Crippen LogP contribution in [0.2, 0.25) is 0 Å². The van der Waals surface area contributed by atoms with E-state index in [0.29, 0.717) is 0 Å². The Hall–Kier alpha value is -1.82. The minimum atomic E-state index is 1.09. The molecule has 0 spiro atoms. The molecule has 0 nitrogen and oxygen atoms in total. The van der Waals surface area contributed by atoms with Gasteiger partial charge in [-0.1, -0.05) is 6.92 Å². The average Bonchev–Trinajstić information content (AvgIpc) is 2.59. The Kier molecular flexibility index (Phi) is 4.22. The summed E-state index contributed by atoms with van der Waals surface area (Å²) in [6, 6.07) is 0. The Morgan fingerprint density at radius 1 is 0.360 bits per heavy atom. The van der Waals surface area contributed by atoms with Crippen LogP contribution in [0.15, 0.2) is 0 Å². The molecule has 0 amide bonds. The first-order chi connectivity index (χ1) is 11.6. The van der Waals surface area contributed by atoms with Gasteiger partial charge in [-0.25, -0.2) is 0 Å². The second kappa shape index (κ2) is 5.87. The van der Waals surface area contributed by atoms with Gasteiger partial charge in [-0.05, 0) is 146 Å². The minimum absolute atomic E-state index is 1.09. The number of aryl methyl sites for hydroxylation is 6. The van der Waals surface area contributed by atoms with Crippen LogP contribution >= 0.6 is 0 Å². The highest BCUT2D eigenvalue weighted by molar-refractivity contribution is 6.16.